The number of urea groups is 1. The molecule has 138 valence electrons. The summed E-state index contributed by atoms with van der Waals surface area (Å²) >= 11 is 0. The van der Waals surface area contributed by atoms with Crippen molar-refractivity contribution in [3.8, 4) is 0 Å². The lowest BCUT2D eigenvalue weighted by atomic mass is 10.2. The highest BCUT2D eigenvalue weighted by Crippen LogP contribution is 2.27. The first-order valence-corrected chi connectivity index (χ1v) is 9.08. The molecule has 1 aliphatic rings. The van der Waals surface area contributed by atoms with Crippen molar-refractivity contribution in [2.75, 3.05) is 18.4 Å². The first-order chi connectivity index (χ1) is 11.9. The molecule has 1 aromatic carbocycles. The van der Waals surface area contributed by atoms with Gasteiger partial charge in [0, 0.05) is 42.5 Å². The highest BCUT2D eigenvalue weighted by Gasteiger charge is 2.30. The van der Waals surface area contributed by atoms with Crippen LogP contribution in [0.25, 0.3) is 0 Å². The third-order valence-electron chi connectivity index (χ3n) is 4.16. The molecule has 1 saturated carbocycles. The fourth-order valence-corrected chi connectivity index (χ4v) is 2.80. The first-order valence-electron chi connectivity index (χ1n) is 9.08. The first kappa shape index (κ1) is 19.2. The average molecular weight is 346 g/mol. The lowest BCUT2D eigenvalue weighted by Crippen LogP contribution is -2.40. The maximum Gasteiger partial charge on any atom is 0.319 e. The summed E-state index contributed by atoms with van der Waals surface area (Å²) in [7, 11) is 0. The SMILES string of the molecule is CC(C)NC(=O)Nc1ccc(C(=O)NCCN(C(C)C)C2CC2)cc1. The van der Waals surface area contributed by atoms with Crippen molar-refractivity contribution in [1.82, 2.24) is 15.5 Å². The number of anilines is 1. The normalized spacial score (nSPS) is 14.0. The fraction of sp³-hybridized carbons (Fsp3) is 0.579. The second kappa shape index (κ2) is 8.85. The molecule has 1 aliphatic carbocycles. The monoisotopic (exact) mass is 346 g/mol. The number of nitrogens with one attached hydrogen (secondary N) is 3. The van der Waals surface area contributed by atoms with Gasteiger partial charge >= 0.3 is 6.03 Å². The van der Waals surface area contributed by atoms with Crippen molar-refractivity contribution in [3.05, 3.63) is 29.8 Å². The Kier molecular flexibility index (Phi) is 6.82. The second-order valence-electron chi connectivity index (χ2n) is 7.15. The zero-order valence-corrected chi connectivity index (χ0v) is 15.6. The predicted molar refractivity (Wildman–Crippen MR) is 101 cm³/mol. The van der Waals surface area contributed by atoms with E-state index in [1.54, 1.807) is 24.3 Å². The van der Waals surface area contributed by atoms with Crippen LogP contribution in [0.2, 0.25) is 0 Å². The number of amides is 3. The van der Waals surface area contributed by atoms with Crippen molar-refractivity contribution in [2.45, 2.75) is 58.7 Å². The van der Waals surface area contributed by atoms with E-state index in [2.05, 4.69) is 34.7 Å². The summed E-state index contributed by atoms with van der Waals surface area (Å²) in [5, 5.41) is 8.47. The molecule has 3 amide bonds. The molecule has 0 unspecified atom stereocenters. The average Bonchev–Trinajstić information content (AvgIpc) is 3.35. The van der Waals surface area contributed by atoms with Crippen molar-refractivity contribution in [2.24, 2.45) is 0 Å². The van der Waals surface area contributed by atoms with Gasteiger partial charge in [-0.05, 0) is 64.8 Å². The molecule has 0 spiro atoms. The number of benzene rings is 1. The van der Waals surface area contributed by atoms with Crippen LogP contribution in [-0.2, 0) is 0 Å². The number of carbonyl (C=O) groups is 2. The summed E-state index contributed by atoms with van der Waals surface area (Å²) in [6, 6.07) is 7.94. The molecule has 0 saturated heterocycles. The minimum Gasteiger partial charge on any atom is -0.351 e. The molecule has 0 bridgehead atoms. The molecular formula is C19H30N4O2. The van der Waals surface area contributed by atoms with Crippen molar-refractivity contribution in [1.29, 1.82) is 0 Å². The van der Waals surface area contributed by atoms with Gasteiger partial charge in [0.2, 0.25) is 0 Å². The van der Waals surface area contributed by atoms with Gasteiger partial charge in [-0.25, -0.2) is 4.79 Å². The van der Waals surface area contributed by atoms with Crippen LogP contribution < -0.4 is 16.0 Å². The van der Waals surface area contributed by atoms with E-state index in [1.807, 2.05) is 13.8 Å². The van der Waals surface area contributed by atoms with E-state index in [0.29, 0.717) is 29.9 Å². The molecule has 6 nitrogen and oxygen atoms in total. The molecular weight excluding hydrogens is 316 g/mol. The highest BCUT2D eigenvalue weighted by atomic mass is 16.2. The zero-order chi connectivity index (χ0) is 18.4. The van der Waals surface area contributed by atoms with E-state index in [-0.39, 0.29) is 18.0 Å². The Hall–Kier alpha value is -2.08. The number of rotatable bonds is 8. The Morgan fingerprint density at radius 1 is 1.12 bits per heavy atom. The summed E-state index contributed by atoms with van der Waals surface area (Å²) in [6.45, 7) is 9.71. The number of carbonyl (C=O) groups excluding carboxylic acids is 2. The van der Waals surface area contributed by atoms with Crippen LogP contribution >= 0.6 is 0 Å². The molecule has 3 N–H and O–H groups in total. The largest absolute Gasteiger partial charge is 0.351 e. The van der Waals surface area contributed by atoms with Gasteiger partial charge in [0.05, 0.1) is 0 Å². The summed E-state index contributed by atoms with van der Waals surface area (Å²) in [5.41, 5.74) is 1.26. The second-order valence-corrected chi connectivity index (χ2v) is 7.15. The molecule has 1 fully saturated rings. The van der Waals surface area contributed by atoms with Crippen LogP contribution in [0.3, 0.4) is 0 Å². The van der Waals surface area contributed by atoms with Crippen molar-refractivity contribution in [3.63, 3.8) is 0 Å². The molecule has 0 heterocycles. The molecule has 2 rings (SSSR count). The number of hydrogen-bond donors (Lipinski definition) is 3. The fourth-order valence-electron chi connectivity index (χ4n) is 2.80. The quantitative estimate of drug-likeness (QED) is 0.678. The van der Waals surface area contributed by atoms with E-state index in [1.165, 1.54) is 12.8 Å². The topological polar surface area (TPSA) is 73.5 Å². The lowest BCUT2D eigenvalue weighted by Gasteiger charge is -2.26. The van der Waals surface area contributed by atoms with Gasteiger partial charge in [-0.2, -0.15) is 0 Å². The highest BCUT2D eigenvalue weighted by molar-refractivity contribution is 5.95. The van der Waals surface area contributed by atoms with E-state index >= 15 is 0 Å². The maximum atomic E-state index is 12.2. The third-order valence-corrected chi connectivity index (χ3v) is 4.16. The Bertz CT molecular complexity index is 578. The van der Waals surface area contributed by atoms with Crippen LogP contribution in [-0.4, -0.2) is 48.1 Å². The van der Waals surface area contributed by atoms with Crippen LogP contribution in [0, 0.1) is 0 Å². The van der Waals surface area contributed by atoms with E-state index < -0.39 is 0 Å². The molecule has 0 atom stereocenters. The number of hydrogen-bond acceptors (Lipinski definition) is 3. The summed E-state index contributed by atoms with van der Waals surface area (Å²) in [6.07, 6.45) is 2.54. The van der Waals surface area contributed by atoms with E-state index in [4.69, 9.17) is 0 Å². The minimum absolute atomic E-state index is 0.0751. The molecule has 1 aromatic rings. The Labute approximate surface area is 150 Å². The molecule has 6 heteroatoms. The third kappa shape index (κ3) is 6.38. The van der Waals surface area contributed by atoms with E-state index in [0.717, 1.165) is 6.54 Å². The number of nitrogens with zero attached hydrogens (tertiary/aromatic N) is 1. The lowest BCUT2D eigenvalue weighted by molar-refractivity contribution is 0.0944. The zero-order valence-electron chi connectivity index (χ0n) is 15.6. The van der Waals surface area contributed by atoms with Crippen LogP contribution in [0.4, 0.5) is 10.5 Å². The Morgan fingerprint density at radius 3 is 2.28 bits per heavy atom. The minimum atomic E-state index is -0.249. The molecule has 0 aliphatic heterocycles. The van der Waals surface area contributed by atoms with Gasteiger partial charge in [-0.15, -0.1) is 0 Å². The van der Waals surface area contributed by atoms with Gasteiger partial charge < -0.3 is 16.0 Å². The van der Waals surface area contributed by atoms with Crippen LogP contribution in [0.1, 0.15) is 50.9 Å². The van der Waals surface area contributed by atoms with Crippen molar-refractivity contribution < 1.29 is 9.59 Å². The van der Waals surface area contributed by atoms with Gasteiger partial charge in [0.25, 0.3) is 5.91 Å². The summed E-state index contributed by atoms with van der Waals surface area (Å²) < 4.78 is 0. The standard InChI is InChI=1S/C19H30N4O2/c1-13(2)21-19(25)22-16-7-5-15(6-8-16)18(24)20-11-12-23(14(3)4)17-9-10-17/h5-8,13-14,17H,9-12H2,1-4H3,(H,20,24)(H2,21,22,25). The summed E-state index contributed by atoms with van der Waals surface area (Å²) in [4.78, 5) is 26.3. The van der Waals surface area contributed by atoms with Gasteiger partial charge in [0.15, 0.2) is 0 Å². The van der Waals surface area contributed by atoms with E-state index in [9.17, 15) is 9.59 Å². The molecule has 0 aromatic heterocycles. The van der Waals surface area contributed by atoms with Crippen molar-refractivity contribution >= 4 is 17.6 Å². The van der Waals surface area contributed by atoms with Crippen LogP contribution in [0.15, 0.2) is 24.3 Å². The molecule has 0 radical (unpaired) electrons. The Balaban J connectivity index is 1.78. The van der Waals surface area contributed by atoms with Gasteiger partial charge in [-0.1, -0.05) is 0 Å². The van der Waals surface area contributed by atoms with Crippen LogP contribution in [0.5, 0.6) is 0 Å². The predicted octanol–water partition coefficient (Wildman–Crippen LogP) is 2.82. The maximum absolute atomic E-state index is 12.2. The summed E-state index contributed by atoms with van der Waals surface area (Å²) in [5.74, 6) is -0.0855. The van der Waals surface area contributed by atoms with Gasteiger partial charge in [0.1, 0.15) is 0 Å². The smallest absolute Gasteiger partial charge is 0.319 e. The van der Waals surface area contributed by atoms with Gasteiger partial charge in [-0.3, -0.25) is 9.69 Å². The molecule has 25 heavy (non-hydrogen) atoms. The Morgan fingerprint density at radius 2 is 1.76 bits per heavy atom.